The molecule has 0 amide bonds. The lowest BCUT2D eigenvalue weighted by Gasteiger charge is -2.17. The van der Waals surface area contributed by atoms with Gasteiger partial charge in [0.25, 0.3) is 0 Å². The number of hydrogen-bond donors (Lipinski definition) is 1. The lowest BCUT2D eigenvalue weighted by atomic mass is 10.1. The van der Waals surface area contributed by atoms with E-state index in [4.69, 9.17) is 11.6 Å². The van der Waals surface area contributed by atoms with Gasteiger partial charge < -0.3 is 5.32 Å². The number of sulfone groups is 1. The Bertz CT molecular complexity index is 456. The fraction of sp³-hybridized carbons (Fsp3) is 0.538. The summed E-state index contributed by atoms with van der Waals surface area (Å²) in [6.07, 6.45) is 2.96. The molecule has 0 radical (unpaired) electrons. The largest absolute Gasteiger partial charge is 0.313 e. The Hall–Kier alpha value is -0.580. The van der Waals surface area contributed by atoms with E-state index in [1.807, 2.05) is 24.3 Å². The molecule has 0 saturated heterocycles. The molecule has 18 heavy (non-hydrogen) atoms. The maximum Gasteiger partial charge on any atom is 0.148 e. The van der Waals surface area contributed by atoms with Crippen molar-refractivity contribution in [2.45, 2.75) is 25.8 Å². The molecule has 0 aliphatic rings. The van der Waals surface area contributed by atoms with Crippen LogP contribution in [0.5, 0.6) is 0 Å². The highest BCUT2D eigenvalue weighted by Crippen LogP contribution is 2.11. The molecule has 0 fully saturated rings. The molecule has 5 heteroatoms. The minimum Gasteiger partial charge on any atom is -0.313 e. The Morgan fingerprint density at radius 2 is 1.89 bits per heavy atom. The molecule has 0 spiro atoms. The first-order chi connectivity index (χ1) is 8.40. The summed E-state index contributed by atoms with van der Waals surface area (Å²) in [5.41, 5.74) is 1.09. The molecule has 102 valence electrons. The van der Waals surface area contributed by atoms with E-state index in [0.717, 1.165) is 18.5 Å². The number of hydrogen-bond acceptors (Lipinski definition) is 3. The summed E-state index contributed by atoms with van der Waals surface area (Å²) < 4.78 is 22.8. The van der Waals surface area contributed by atoms with Gasteiger partial charge in [0.2, 0.25) is 0 Å². The van der Waals surface area contributed by atoms with Crippen LogP contribution < -0.4 is 5.32 Å². The van der Waals surface area contributed by atoms with Crippen LogP contribution in [0, 0.1) is 0 Å². The zero-order valence-corrected chi connectivity index (χ0v) is 12.4. The predicted molar refractivity (Wildman–Crippen MR) is 76.9 cm³/mol. The molecule has 0 aliphatic heterocycles. The van der Waals surface area contributed by atoms with Gasteiger partial charge in [-0.25, -0.2) is 8.42 Å². The lowest BCUT2D eigenvalue weighted by Crippen LogP contribution is -2.37. The van der Waals surface area contributed by atoms with E-state index >= 15 is 0 Å². The van der Waals surface area contributed by atoms with Crippen LogP contribution in [0.25, 0.3) is 0 Å². The van der Waals surface area contributed by atoms with E-state index in [0.29, 0.717) is 11.4 Å². The SMILES string of the molecule is CCCNC(Cc1ccc(Cl)cc1)CS(C)(=O)=O. The predicted octanol–water partition coefficient (Wildman–Crippen LogP) is 2.30. The lowest BCUT2D eigenvalue weighted by molar-refractivity contribution is 0.530. The summed E-state index contributed by atoms with van der Waals surface area (Å²) >= 11 is 5.83. The van der Waals surface area contributed by atoms with E-state index in [9.17, 15) is 8.42 Å². The van der Waals surface area contributed by atoms with Crippen LogP contribution in [0.4, 0.5) is 0 Å². The Balaban J connectivity index is 2.68. The van der Waals surface area contributed by atoms with Crippen molar-refractivity contribution >= 4 is 21.4 Å². The minimum absolute atomic E-state index is 0.0406. The summed E-state index contributed by atoms with van der Waals surface area (Å²) in [4.78, 5) is 0. The first kappa shape index (κ1) is 15.5. The Kier molecular flexibility index (Phi) is 6.12. The van der Waals surface area contributed by atoms with Crippen molar-refractivity contribution in [3.63, 3.8) is 0 Å². The quantitative estimate of drug-likeness (QED) is 0.838. The van der Waals surface area contributed by atoms with Crippen LogP contribution >= 0.6 is 11.6 Å². The van der Waals surface area contributed by atoms with Crippen LogP contribution in [0.2, 0.25) is 5.02 Å². The van der Waals surface area contributed by atoms with Gasteiger partial charge in [-0.15, -0.1) is 0 Å². The smallest absolute Gasteiger partial charge is 0.148 e. The van der Waals surface area contributed by atoms with E-state index < -0.39 is 9.84 Å². The second-order valence-electron chi connectivity index (χ2n) is 4.57. The topological polar surface area (TPSA) is 46.2 Å². The van der Waals surface area contributed by atoms with Crippen molar-refractivity contribution in [2.75, 3.05) is 18.6 Å². The van der Waals surface area contributed by atoms with Crippen molar-refractivity contribution in [1.82, 2.24) is 5.32 Å². The monoisotopic (exact) mass is 289 g/mol. The normalized spacial score (nSPS) is 13.5. The highest BCUT2D eigenvalue weighted by atomic mass is 35.5. The Morgan fingerprint density at radius 3 is 2.39 bits per heavy atom. The number of benzene rings is 1. The van der Waals surface area contributed by atoms with Crippen molar-refractivity contribution in [2.24, 2.45) is 0 Å². The summed E-state index contributed by atoms with van der Waals surface area (Å²) in [7, 11) is -2.97. The van der Waals surface area contributed by atoms with Crippen molar-refractivity contribution in [1.29, 1.82) is 0 Å². The van der Waals surface area contributed by atoms with Gasteiger partial charge >= 0.3 is 0 Å². The van der Waals surface area contributed by atoms with Gasteiger partial charge in [-0.05, 0) is 37.1 Å². The second kappa shape index (κ2) is 7.12. The first-order valence-corrected chi connectivity index (χ1v) is 8.50. The molecule has 1 aromatic carbocycles. The van der Waals surface area contributed by atoms with Crippen LogP contribution in [0.3, 0.4) is 0 Å². The molecule has 1 atom stereocenters. The third kappa shape index (κ3) is 6.38. The fourth-order valence-electron chi connectivity index (χ4n) is 1.81. The molecule has 0 bridgehead atoms. The molecule has 1 N–H and O–H groups in total. The highest BCUT2D eigenvalue weighted by Gasteiger charge is 2.15. The maximum atomic E-state index is 11.4. The van der Waals surface area contributed by atoms with Crippen molar-refractivity contribution in [3.8, 4) is 0 Å². The summed E-state index contributed by atoms with van der Waals surface area (Å²) in [6, 6.07) is 7.49. The first-order valence-electron chi connectivity index (χ1n) is 6.06. The standard InChI is InChI=1S/C13H20ClNO2S/c1-3-8-15-13(10-18(2,16)17)9-11-4-6-12(14)7-5-11/h4-7,13,15H,3,8-10H2,1-2H3. The second-order valence-corrected chi connectivity index (χ2v) is 7.20. The molecule has 0 aliphatic carbocycles. The third-order valence-corrected chi connectivity index (χ3v) is 3.84. The van der Waals surface area contributed by atoms with Crippen molar-refractivity contribution < 1.29 is 8.42 Å². The number of halogens is 1. The third-order valence-electron chi connectivity index (χ3n) is 2.58. The van der Waals surface area contributed by atoms with Gasteiger partial charge in [0.05, 0.1) is 5.75 Å². The summed E-state index contributed by atoms with van der Waals surface area (Å²) in [6.45, 7) is 2.89. The number of rotatable bonds is 7. The van der Waals surface area contributed by atoms with Crippen LogP contribution in [-0.4, -0.2) is 33.0 Å². The molecule has 1 rings (SSSR count). The number of nitrogens with one attached hydrogen (secondary N) is 1. The Morgan fingerprint density at radius 1 is 1.28 bits per heavy atom. The fourth-order valence-corrected chi connectivity index (χ4v) is 2.90. The summed E-state index contributed by atoms with van der Waals surface area (Å²) in [5, 5.41) is 3.97. The summed E-state index contributed by atoms with van der Waals surface area (Å²) in [5.74, 6) is 0.162. The van der Waals surface area contributed by atoms with Gasteiger partial charge in [-0.3, -0.25) is 0 Å². The van der Waals surface area contributed by atoms with Gasteiger partial charge in [0, 0.05) is 17.3 Å². The molecule has 1 unspecified atom stereocenters. The maximum absolute atomic E-state index is 11.4. The van der Waals surface area contributed by atoms with E-state index in [1.165, 1.54) is 6.26 Å². The van der Waals surface area contributed by atoms with Crippen LogP contribution in [-0.2, 0) is 16.3 Å². The van der Waals surface area contributed by atoms with Crippen LogP contribution in [0.15, 0.2) is 24.3 Å². The zero-order valence-electron chi connectivity index (χ0n) is 10.8. The average Bonchev–Trinajstić information content (AvgIpc) is 2.27. The van der Waals surface area contributed by atoms with E-state index in [2.05, 4.69) is 12.2 Å². The van der Waals surface area contributed by atoms with Crippen molar-refractivity contribution in [3.05, 3.63) is 34.9 Å². The van der Waals surface area contributed by atoms with Gasteiger partial charge in [0.1, 0.15) is 9.84 Å². The Labute approximate surface area is 114 Å². The molecular formula is C13H20ClNO2S. The molecule has 0 heterocycles. The molecule has 3 nitrogen and oxygen atoms in total. The van der Waals surface area contributed by atoms with Crippen LogP contribution in [0.1, 0.15) is 18.9 Å². The molecule has 0 aromatic heterocycles. The molecular weight excluding hydrogens is 270 g/mol. The zero-order chi connectivity index (χ0) is 13.6. The average molecular weight is 290 g/mol. The van der Waals surface area contributed by atoms with Gasteiger partial charge in [0.15, 0.2) is 0 Å². The molecule has 0 saturated carbocycles. The highest BCUT2D eigenvalue weighted by molar-refractivity contribution is 7.90. The molecule has 1 aromatic rings. The van der Waals surface area contributed by atoms with Gasteiger partial charge in [-0.2, -0.15) is 0 Å². The van der Waals surface area contributed by atoms with Gasteiger partial charge in [-0.1, -0.05) is 30.7 Å². The van der Waals surface area contributed by atoms with E-state index in [-0.39, 0.29) is 11.8 Å². The van der Waals surface area contributed by atoms with E-state index in [1.54, 1.807) is 0 Å². The minimum atomic E-state index is -2.97.